The molecule has 0 N–H and O–H groups in total. The van der Waals surface area contributed by atoms with Crippen LogP contribution >= 0.6 is 0 Å². The molecule has 0 saturated heterocycles. The molecule has 56 valence electrons. The third-order valence-electron chi connectivity index (χ3n) is 1.24. The molecule has 0 aromatic heterocycles. The van der Waals surface area contributed by atoms with Crippen molar-refractivity contribution in [3.8, 4) is 0 Å². The smallest absolute Gasteiger partial charge is 0.292 e. The van der Waals surface area contributed by atoms with Gasteiger partial charge in [0.05, 0.1) is 6.42 Å². The molecule has 0 fully saturated rings. The summed E-state index contributed by atoms with van der Waals surface area (Å²) in [6.07, 6.45) is 3.74. The summed E-state index contributed by atoms with van der Waals surface area (Å²) in [6, 6.07) is 0. The molecule has 0 radical (unpaired) electrons. The zero-order valence-electron chi connectivity index (χ0n) is 6.17. The van der Waals surface area contributed by atoms with Crippen LogP contribution in [-0.2, 0) is 9.22 Å². The highest BCUT2D eigenvalue weighted by atomic mass is 28.2. The van der Waals surface area contributed by atoms with Gasteiger partial charge in [-0.1, -0.05) is 12.2 Å². The Kier molecular flexibility index (Phi) is 4.58. The lowest BCUT2D eigenvalue weighted by atomic mass is 10.1. The van der Waals surface area contributed by atoms with E-state index in [0.717, 1.165) is 0 Å². The summed E-state index contributed by atoms with van der Waals surface area (Å²) in [5, 5.41) is 0. The van der Waals surface area contributed by atoms with E-state index >= 15 is 0 Å². The summed E-state index contributed by atoms with van der Waals surface area (Å²) < 4.78 is 4.59. The van der Waals surface area contributed by atoms with Gasteiger partial charge in [-0.15, -0.1) is 13.2 Å². The van der Waals surface area contributed by atoms with Crippen molar-refractivity contribution >= 4 is 16.5 Å². The van der Waals surface area contributed by atoms with Gasteiger partial charge in [-0.2, -0.15) is 0 Å². The second-order valence-corrected chi connectivity index (χ2v) is 2.32. The molecule has 2 nitrogen and oxygen atoms in total. The molecular formula is C7H12O2Si. The number of carbonyl (C=O) groups excluding carboxylic acids is 1. The van der Waals surface area contributed by atoms with Crippen LogP contribution in [0, 0.1) is 5.92 Å². The maximum Gasteiger partial charge on any atom is 0.292 e. The Labute approximate surface area is 64.1 Å². The van der Waals surface area contributed by atoms with Gasteiger partial charge in [-0.3, -0.25) is 4.79 Å². The molecule has 0 aliphatic carbocycles. The molecule has 0 aromatic carbocycles. The molecule has 0 saturated carbocycles. The summed E-state index contributed by atoms with van der Waals surface area (Å²) >= 11 is 0. The molecule has 0 spiro atoms. The normalized spacial score (nSPS) is 9.30. The highest BCUT2D eigenvalue weighted by Crippen LogP contribution is 2.05. The summed E-state index contributed by atoms with van der Waals surface area (Å²) in [7, 11) is 0.465. The van der Waals surface area contributed by atoms with Crippen molar-refractivity contribution < 1.29 is 9.22 Å². The number of allylic oxidation sites excluding steroid dienone is 2. The van der Waals surface area contributed by atoms with Crippen LogP contribution < -0.4 is 0 Å². The van der Waals surface area contributed by atoms with Crippen molar-refractivity contribution in [2.75, 3.05) is 0 Å². The van der Waals surface area contributed by atoms with Gasteiger partial charge >= 0.3 is 0 Å². The van der Waals surface area contributed by atoms with Crippen molar-refractivity contribution in [3.05, 3.63) is 25.3 Å². The van der Waals surface area contributed by atoms with E-state index in [1.165, 1.54) is 0 Å². The van der Waals surface area contributed by atoms with Crippen LogP contribution in [0.5, 0.6) is 0 Å². The lowest BCUT2D eigenvalue weighted by molar-refractivity contribution is -0.134. The third kappa shape index (κ3) is 3.24. The minimum atomic E-state index is -0.170. The molecule has 0 unspecified atom stereocenters. The van der Waals surface area contributed by atoms with Gasteiger partial charge in [0.15, 0.2) is 0 Å². The summed E-state index contributed by atoms with van der Waals surface area (Å²) in [5.74, 6) is -0.113. The first-order chi connectivity index (χ1) is 4.74. The highest BCUT2D eigenvalue weighted by molar-refractivity contribution is 6.05. The van der Waals surface area contributed by atoms with Crippen molar-refractivity contribution in [2.24, 2.45) is 5.92 Å². The first kappa shape index (κ1) is 9.17. The van der Waals surface area contributed by atoms with E-state index in [-0.39, 0.29) is 11.9 Å². The van der Waals surface area contributed by atoms with Crippen molar-refractivity contribution in [1.29, 1.82) is 0 Å². The lowest BCUT2D eigenvalue weighted by Gasteiger charge is -2.03. The maximum atomic E-state index is 10.7. The molecule has 0 aliphatic rings. The first-order valence-corrected chi connectivity index (χ1v) is 3.88. The van der Waals surface area contributed by atoms with Crippen LogP contribution in [0.1, 0.15) is 6.42 Å². The van der Waals surface area contributed by atoms with Crippen LogP contribution in [0.15, 0.2) is 25.3 Å². The molecule has 0 atom stereocenters. The Morgan fingerprint density at radius 3 is 2.40 bits per heavy atom. The van der Waals surface area contributed by atoms with Gasteiger partial charge in [0.1, 0.15) is 0 Å². The molecule has 0 aromatic rings. The van der Waals surface area contributed by atoms with E-state index in [9.17, 15) is 4.79 Å². The average Bonchev–Trinajstić information content (AvgIpc) is 1.99. The second-order valence-electron chi connectivity index (χ2n) is 1.92. The topological polar surface area (TPSA) is 26.3 Å². The summed E-state index contributed by atoms with van der Waals surface area (Å²) in [6.45, 7) is 7.10. The molecule has 0 bridgehead atoms. The number of carbonyl (C=O) groups is 1. The van der Waals surface area contributed by atoms with Gasteiger partial charge in [0.25, 0.3) is 5.97 Å². The van der Waals surface area contributed by atoms with E-state index in [4.69, 9.17) is 0 Å². The van der Waals surface area contributed by atoms with Crippen LogP contribution in [-0.4, -0.2) is 16.5 Å². The van der Waals surface area contributed by atoms with Crippen LogP contribution in [0.3, 0.4) is 0 Å². The number of hydrogen-bond acceptors (Lipinski definition) is 2. The SMILES string of the molecule is C=CC(C=C)CC(=O)O[SiH3]. The predicted molar refractivity (Wildman–Crippen MR) is 44.5 cm³/mol. The molecule has 0 amide bonds. The van der Waals surface area contributed by atoms with Gasteiger partial charge in [-0.05, 0) is 0 Å². The van der Waals surface area contributed by atoms with Crippen molar-refractivity contribution in [2.45, 2.75) is 6.42 Å². The zero-order chi connectivity index (χ0) is 7.98. The summed E-state index contributed by atoms with van der Waals surface area (Å²) in [5.41, 5.74) is 0. The van der Waals surface area contributed by atoms with E-state index in [2.05, 4.69) is 17.6 Å². The molecular weight excluding hydrogens is 144 g/mol. The molecule has 3 heteroatoms. The van der Waals surface area contributed by atoms with E-state index in [1.807, 2.05) is 0 Å². The fourth-order valence-corrected chi connectivity index (χ4v) is 0.705. The van der Waals surface area contributed by atoms with Crippen molar-refractivity contribution in [3.63, 3.8) is 0 Å². The van der Waals surface area contributed by atoms with Gasteiger partial charge in [-0.25, -0.2) is 0 Å². The van der Waals surface area contributed by atoms with Crippen LogP contribution in [0.4, 0.5) is 0 Å². The van der Waals surface area contributed by atoms with E-state index in [1.54, 1.807) is 12.2 Å². The first-order valence-electron chi connectivity index (χ1n) is 3.06. The fraction of sp³-hybridized carbons (Fsp3) is 0.286. The van der Waals surface area contributed by atoms with Crippen LogP contribution in [0.25, 0.3) is 0 Å². The Hall–Kier alpha value is -0.833. The predicted octanol–water partition coefficient (Wildman–Crippen LogP) is 0.188. The molecule has 0 aliphatic heterocycles. The molecule has 10 heavy (non-hydrogen) atoms. The largest absolute Gasteiger partial charge is 0.529 e. The zero-order valence-corrected chi connectivity index (χ0v) is 8.17. The average molecular weight is 156 g/mol. The van der Waals surface area contributed by atoms with E-state index < -0.39 is 0 Å². The maximum absolute atomic E-state index is 10.7. The van der Waals surface area contributed by atoms with Gasteiger partial charge in [0.2, 0.25) is 10.5 Å². The fourth-order valence-electron chi connectivity index (χ4n) is 0.539. The monoisotopic (exact) mass is 156 g/mol. The van der Waals surface area contributed by atoms with Crippen LogP contribution in [0.2, 0.25) is 0 Å². The van der Waals surface area contributed by atoms with E-state index in [0.29, 0.717) is 16.9 Å². The minimum absolute atomic E-state index is 0.0569. The third-order valence-corrected chi connectivity index (χ3v) is 1.69. The quantitative estimate of drug-likeness (QED) is 0.429. The van der Waals surface area contributed by atoms with Gasteiger partial charge in [0, 0.05) is 5.92 Å². The number of rotatable bonds is 4. The number of hydrogen-bond donors (Lipinski definition) is 0. The highest BCUT2D eigenvalue weighted by Gasteiger charge is 2.04. The van der Waals surface area contributed by atoms with Crippen molar-refractivity contribution in [1.82, 2.24) is 0 Å². The molecule has 0 rings (SSSR count). The Balaban J connectivity index is 3.73. The molecule has 0 heterocycles. The van der Waals surface area contributed by atoms with Gasteiger partial charge < -0.3 is 4.43 Å². The Morgan fingerprint density at radius 1 is 1.60 bits per heavy atom. The minimum Gasteiger partial charge on any atom is -0.529 e. The Bertz CT molecular complexity index is 135. The summed E-state index contributed by atoms with van der Waals surface area (Å²) in [4.78, 5) is 10.7. The second kappa shape index (κ2) is 4.99. The lowest BCUT2D eigenvalue weighted by Crippen LogP contribution is -2.06. The standard InChI is InChI=1S/C7H12O2Si/c1-3-6(4-2)5-7(8)9-10/h3-4,6H,1-2,5H2,10H3. The Morgan fingerprint density at radius 2 is 2.10 bits per heavy atom.